The monoisotopic (exact) mass is 659 g/mol. The molecule has 212 valence electrons. The minimum atomic E-state index is -0.746. The van der Waals surface area contributed by atoms with Gasteiger partial charge in [-0.1, -0.05) is 33.7 Å². The molecule has 5 heterocycles. The summed E-state index contributed by atoms with van der Waals surface area (Å²) in [5, 5.41) is 10.1. The average Bonchev–Trinajstić information content (AvgIpc) is 3.67. The summed E-state index contributed by atoms with van der Waals surface area (Å²) in [5.74, 6) is 0.317. The molecule has 3 saturated heterocycles. The van der Waals surface area contributed by atoms with Crippen LogP contribution in [-0.4, -0.2) is 48.5 Å². The topological polar surface area (TPSA) is 107 Å². The predicted octanol–water partition coefficient (Wildman–Crippen LogP) is 5.29. The molecule has 0 radical (unpaired) electrons. The molecule has 0 amide bonds. The largest absolute Gasteiger partial charge is 0.426 e. The van der Waals surface area contributed by atoms with Gasteiger partial charge in [0.1, 0.15) is 28.1 Å². The first kappa shape index (κ1) is 26.7. The van der Waals surface area contributed by atoms with Gasteiger partial charge < -0.3 is 19.9 Å². The van der Waals surface area contributed by atoms with Gasteiger partial charge >= 0.3 is 6.01 Å². The van der Waals surface area contributed by atoms with Gasteiger partial charge in [-0.05, 0) is 62.6 Å². The second-order valence-corrected chi connectivity index (χ2v) is 15.0. The number of alkyl halides is 2. The predicted molar refractivity (Wildman–Crippen MR) is 157 cm³/mol. The van der Waals surface area contributed by atoms with Crippen LogP contribution in [0.1, 0.15) is 97.5 Å². The maximum atomic E-state index is 14.3. The van der Waals surface area contributed by atoms with Gasteiger partial charge in [-0.15, -0.1) is 0 Å². The summed E-state index contributed by atoms with van der Waals surface area (Å²) in [6.45, 7) is 4.78. The van der Waals surface area contributed by atoms with E-state index in [1.54, 1.807) is 0 Å². The van der Waals surface area contributed by atoms with Crippen LogP contribution in [0.15, 0.2) is 12.1 Å². The fraction of sp³-hybridized carbons (Fsp3) is 0.600. The molecule has 2 N–H and O–H groups in total. The molecule has 5 atom stereocenters. The number of hydrogen-bond donors (Lipinski definition) is 1. The van der Waals surface area contributed by atoms with Crippen LogP contribution in [0.4, 0.5) is 10.1 Å². The number of halogens is 2. The number of fused-ring (bicyclic) bond motifs is 4. The van der Waals surface area contributed by atoms with Gasteiger partial charge in [-0.25, -0.2) is 4.39 Å². The van der Waals surface area contributed by atoms with Crippen LogP contribution in [0.5, 0.6) is 6.01 Å². The molecule has 8 nitrogen and oxygen atoms in total. The quantitative estimate of drug-likeness (QED) is 0.204. The van der Waals surface area contributed by atoms with Crippen LogP contribution in [-0.2, 0) is 28.1 Å². The van der Waals surface area contributed by atoms with Crippen LogP contribution in [0.25, 0.3) is 0 Å². The summed E-state index contributed by atoms with van der Waals surface area (Å²) in [6, 6.07) is 6.59. The van der Waals surface area contributed by atoms with Crippen molar-refractivity contribution < 1.29 is 18.6 Å². The highest BCUT2D eigenvalue weighted by molar-refractivity contribution is 14.2. The molecule has 2 aromatic rings. The van der Waals surface area contributed by atoms with Gasteiger partial charge in [0.2, 0.25) is 0 Å². The first-order valence-electron chi connectivity index (χ1n) is 14.4. The van der Waals surface area contributed by atoms with E-state index in [-0.39, 0.29) is 9.65 Å². The fourth-order valence-electron chi connectivity index (χ4n) is 7.52. The lowest BCUT2D eigenvalue weighted by molar-refractivity contribution is -0.0885. The molecule has 3 fully saturated rings. The Morgan fingerprint density at radius 1 is 1.27 bits per heavy atom. The Balaban J connectivity index is 1.26. The summed E-state index contributed by atoms with van der Waals surface area (Å²) in [5.41, 5.74) is 11.4. The van der Waals surface area contributed by atoms with E-state index in [4.69, 9.17) is 29.9 Å². The standard InChI is InChI=1S/C30H35FIN5O3/c1-18-7-9-29(26-20(18)5-6-23(34)21(26)14-33)13-24-22(16-40-29)27(25-4-2-11-38-25)36-28(35-24)39-17-32-30-8-3-10-37(30)15-19(31)12-30/h5-6,17-19,25H,2-4,7-13,15-16,34H2,1H3/t18-,19+,25-,29-,30?/m0/s1. The summed E-state index contributed by atoms with van der Waals surface area (Å²) >= 11 is -0.547. The molecule has 5 aliphatic rings. The molecule has 1 aromatic heterocycles. The smallest absolute Gasteiger partial charge is 0.322 e. The minimum Gasteiger partial charge on any atom is -0.426 e. The Hall–Kier alpha value is -2.20. The van der Waals surface area contributed by atoms with Crippen LogP contribution < -0.4 is 10.5 Å². The van der Waals surface area contributed by atoms with Crippen molar-refractivity contribution in [2.45, 2.75) is 92.2 Å². The third-order valence-electron chi connectivity index (χ3n) is 9.54. The van der Waals surface area contributed by atoms with Crippen molar-refractivity contribution in [3.63, 3.8) is 0 Å². The lowest BCUT2D eigenvalue weighted by Crippen LogP contribution is -2.41. The Bertz CT molecular complexity index is 1410. The number of ether oxygens (including phenoxy) is 3. The third-order valence-corrected chi connectivity index (χ3v) is 12.9. The number of rotatable bonds is 4. The highest BCUT2D eigenvalue weighted by Crippen LogP contribution is 2.51. The summed E-state index contributed by atoms with van der Waals surface area (Å²) in [7, 11) is 0. The molecule has 0 bridgehead atoms. The number of aromatic nitrogens is 2. The molecule has 7 rings (SSSR count). The van der Waals surface area contributed by atoms with Crippen molar-refractivity contribution in [1.29, 1.82) is 5.26 Å². The number of nitrogen functional groups attached to an aromatic ring is 1. The molecule has 0 saturated carbocycles. The molecule has 4 aliphatic heterocycles. The van der Waals surface area contributed by atoms with E-state index in [9.17, 15) is 9.65 Å². The lowest BCUT2D eigenvalue weighted by Gasteiger charge is -2.44. The van der Waals surface area contributed by atoms with E-state index in [0.717, 1.165) is 73.1 Å². The van der Waals surface area contributed by atoms with E-state index in [2.05, 4.69) is 24.0 Å². The molecule has 10 heteroatoms. The Morgan fingerprint density at radius 3 is 3.00 bits per heavy atom. The zero-order valence-corrected chi connectivity index (χ0v) is 25.0. The van der Waals surface area contributed by atoms with Gasteiger partial charge in [-0.2, -0.15) is 15.2 Å². The molecule has 40 heavy (non-hydrogen) atoms. The van der Waals surface area contributed by atoms with Crippen LogP contribution in [0, 0.1) is 11.3 Å². The highest BCUT2D eigenvalue weighted by Gasteiger charge is 2.48. The summed E-state index contributed by atoms with van der Waals surface area (Å²) in [4.78, 5) is 12.1. The van der Waals surface area contributed by atoms with Crippen LogP contribution >= 0.6 is 20.7 Å². The highest BCUT2D eigenvalue weighted by atomic mass is 127. The SMILES string of the molecule is C[C@H]1CC[C@]2(Cc3nc(OC=IC45CCCN4C[C@H](F)C5)nc([C@@H]4CCCO4)c3CO2)c2c1ccc(N)c2C#N. The molecule has 1 aromatic carbocycles. The number of hydrogen-bond acceptors (Lipinski definition) is 8. The first-order chi connectivity index (χ1) is 19.4. The van der Waals surface area contributed by atoms with Crippen molar-refractivity contribution >= 4 is 30.6 Å². The zero-order chi connectivity index (χ0) is 27.5. The van der Waals surface area contributed by atoms with Gasteiger partial charge in [0, 0.05) is 42.8 Å². The lowest BCUT2D eigenvalue weighted by atomic mass is 9.69. The summed E-state index contributed by atoms with van der Waals surface area (Å²) < 4.78 is 35.1. The van der Waals surface area contributed by atoms with E-state index < -0.39 is 32.5 Å². The van der Waals surface area contributed by atoms with Crippen molar-refractivity contribution in [3.05, 3.63) is 45.8 Å². The van der Waals surface area contributed by atoms with Gasteiger partial charge in [-0.3, -0.25) is 4.90 Å². The molecule has 1 spiro atoms. The van der Waals surface area contributed by atoms with Crippen molar-refractivity contribution in [2.75, 3.05) is 25.4 Å². The van der Waals surface area contributed by atoms with Crippen LogP contribution in [0.2, 0.25) is 0 Å². The van der Waals surface area contributed by atoms with Gasteiger partial charge in [0.05, 0.1) is 27.1 Å². The molecule has 1 unspecified atom stereocenters. The first-order valence-corrected chi connectivity index (χ1v) is 16.7. The van der Waals surface area contributed by atoms with E-state index in [1.807, 2.05) is 10.3 Å². The zero-order valence-electron chi connectivity index (χ0n) is 22.8. The number of nitrogens with two attached hydrogens (primary N) is 1. The second-order valence-electron chi connectivity index (χ2n) is 11.9. The maximum Gasteiger partial charge on any atom is 0.322 e. The van der Waals surface area contributed by atoms with Crippen LogP contribution in [0.3, 0.4) is 0 Å². The van der Waals surface area contributed by atoms with Gasteiger partial charge in [0.15, 0.2) is 0 Å². The fourth-order valence-corrected chi connectivity index (χ4v) is 10.6. The number of benzene rings is 1. The average molecular weight is 660 g/mol. The van der Waals surface area contributed by atoms with E-state index in [1.165, 1.54) is 0 Å². The molecular formula is C30H35FIN5O3. The van der Waals surface area contributed by atoms with Crippen molar-refractivity contribution in [3.8, 4) is 12.1 Å². The number of nitriles is 1. The molecule has 1 aliphatic carbocycles. The Kier molecular flexibility index (Phi) is 6.84. The molecular weight excluding hydrogens is 624 g/mol. The second kappa shape index (κ2) is 10.3. The Labute approximate surface area is 244 Å². The maximum absolute atomic E-state index is 14.3. The normalized spacial score (nSPS) is 33.4. The van der Waals surface area contributed by atoms with Gasteiger partial charge in [0.25, 0.3) is 0 Å². The summed E-state index contributed by atoms with van der Waals surface area (Å²) in [6.07, 6.45) is 6.06. The van der Waals surface area contributed by atoms with Crippen molar-refractivity contribution in [1.82, 2.24) is 14.9 Å². The number of nitrogens with zero attached hydrogens (tertiary/aromatic N) is 4. The third kappa shape index (κ3) is 4.35. The van der Waals surface area contributed by atoms with Crippen molar-refractivity contribution in [2.24, 2.45) is 0 Å². The number of anilines is 1. The van der Waals surface area contributed by atoms with E-state index >= 15 is 0 Å². The van der Waals surface area contributed by atoms with E-state index in [0.29, 0.717) is 55.8 Å². The minimum absolute atomic E-state index is 0.0437. The Morgan fingerprint density at radius 2 is 2.17 bits per heavy atom.